The van der Waals surface area contributed by atoms with Gasteiger partial charge in [0.1, 0.15) is 5.75 Å². The molecule has 2 amide bonds. The van der Waals surface area contributed by atoms with Crippen molar-refractivity contribution in [1.29, 1.82) is 0 Å². The Bertz CT molecular complexity index is 1050. The summed E-state index contributed by atoms with van der Waals surface area (Å²) in [4.78, 5) is 29.7. The van der Waals surface area contributed by atoms with E-state index in [4.69, 9.17) is 4.74 Å². The molecule has 0 atom stereocenters. The largest absolute Gasteiger partial charge is 0.494 e. The molecule has 0 radical (unpaired) electrons. The summed E-state index contributed by atoms with van der Waals surface area (Å²) >= 11 is 0. The minimum absolute atomic E-state index is 0.00504. The number of carbonyl (C=O) groups is 2. The smallest absolute Gasteiger partial charge is 0.253 e. The van der Waals surface area contributed by atoms with Crippen LogP contribution in [0.5, 0.6) is 5.75 Å². The van der Waals surface area contributed by atoms with Gasteiger partial charge < -0.3 is 14.5 Å². The van der Waals surface area contributed by atoms with Crippen LogP contribution in [0.3, 0.4) is 0 Å². The van der Waals surface area contributed by atoms with Gasteiger partial charge in [0.2, 0.25) is 0 Å². The van der Waals surface area contributed by atoms with E-state index in [-0.39, 0.29) is 11.8 Å². The first-order valence-corrected chi connectivity index (χ1v) is 11.1. The normalized spacial score (nSPS) is 14.0. The maximum absolute atomic E-state index is 13.1. The molecule has 0 spiro atoms. The maximum atomic E-state index is 13.1. The Balaban J connectivity index is 1.38. The van der Waals surface area contributed by atoms with Crippen LogP contribution in [0.15, 0.2) is 78.9 Å². The molecule has 3 aromatic carbocycles. The summed E-state index contributed by atoms with van der Waals surface area (Å²) in [5, 5.41) is 0. The lowest BCUT2D eigenvalue weighted by atomic mass is 10.0. The van der Waals surface area contributed by atoms with E-state index in [1.807, 2.05) is 71.3 Å². The highest BCUT2D eigenvalue weighted by Crippen LogP contribution is 2.20. The molecule has 4 rings (SSSR count). The van der Waals surface area contributed by atoms with Crippen molar-refractivity contribution in [2.75, 3.05) is 32.8 Å². The van der Waals surface area contributed by atoms with Crippen LogP contribution in [0.25, 0.3) is 11.1 Å². The third-order valence-corrected chi connectivity index (χ3v) is 5.72. The Labute approximate surface area is 189 Å². The molecule has 1 fully saturated rings. The van der Waals surface area contributed by atoms with E-state index in [1.54, 1.807) is 12.1 Å². The van der Waals surface area contributed by atoms with Crippen molar-refractivity contribution in [3.8, 4) is 16.9 Å². The van der Waals surface area contributed by atoms with Gasteiger partial charge in [0, 0.05) is 37.3 Å². The van der Waals surface area contributed by atoms with Gasteiger partial charge >= 0.3 is 0 Å². The van der Waals surface area contributed by atoms with E-state index in [0.717, 1.165) is 23.3 Å². The highest BCUT2D eigenvalue weighted by molar-refractivity contribution is 5.96. The Morgan fingerprint density at radius 2 is 1.19 bits per heavy atom. The van der Waals surface area contributed by atoms with Crippen molar-refractivity contribution >= 4 is 11.8 Å². The lowest BCUT2D eigenvalue weighted by Gasteiger charge is -2.22. The van der Waals surface area contributed by atoms with Crippen molar-refractivity contribution in [3.63, 3.8) is 0 Å². The van der Waals surface area contributed by atoms with E-state index in [9.17, 15) is 9.59 Å². The van der Waals surface area contributed by atoms with Crippen molar-refractivity contribution in [2.24, 2.45) is 0 Å². The number of benzene rings is 3. The Hall–Kier alpha value is -3.60. The van der Waals surface area contributed by atoms with Crippen LogP contribution in [-0.4, -0.2) is 54.4 Å². The van der Waals surface area contributed by atoms with Gasteiger partial charge in [-0.1, -0.05) is 42.5 Å². The first-order valence-electron chi connectivity index (χ1n) is 11.1. The van der Waals surface area contributed by atoms with Crippen LogP contribution in [0, 0.1) is 0 Å². The van der Waals surface area contributed by atoms with Crippen LogP contribution >= 0.6 is 0 Å². The van der Waals surface area contributed by atoms with E-state index in [1.165, 1.54) is 0 Å². The first-order chi connectivity index (χ1) is 15.7. The summed E-state index contributed by atoms with van der Waals surface area (Å²) in [6.45, 7) is 4.87. The number of hydrogen-bond acceptors (Lipinski definition) is 3. The topological polar surface area (TPSA) is 49.9 Å². The van der Waals surface area contributed by atoms with Crippen LogP contribution < -0.4 is 4.74 Å². The molecule has 3 aromatic rings. The Morgan fingerprint density at radius 3 is 1.72 bits per heavy atom. The van der Waals surface area contributed by atoms with Crippen molar-refractivity contribution in [3.05, 3.63) is 90.0 Å². The van der Waals surface area contributed by atoms with Gasteiger partial charge in [0.15, 0.2) is 0 Å². The molecule has 0 N–H and O–H groups in total. The number of nitrogens with zero attached hydrogens (tertiary/aromatic N) is 2. The van der Waals surface area contributed by atoms with E-state index in [2.05, 4.69) is 12.1 Å². The maximum Gasteiger partial charge on any atom is 0.253 e. The molecule has 1 aliphatic rings. The lowest BCUT2D eigenvalue weighted by molar-refractivity contribution is 0.0718. The average molecular weight is 429 g/mol. The van der Waals surface area contributed by atoms with Crippen molar-refractivity contribution in [2.45, 2.75) is 13.3 Å². The summed E-state index contributed by atoms with van der Waals surface area (Å²) in [6, 6.07) is 25.1. The number of amides is 2. The second-order valence-electron chi connectivity index (χ2n) is 7.84. The monoisotopic (exact) mass is 428 g/mol. The first kappa shape index (κ1) is 21.6. The predicted molar refractivity (Wildman–Crippen MR) is 126 cm³/mol. The zero-order valence-electron chi connectivity index (χ0n) is 18.4. The minimum Gasteiger partial charge on any atom is -0.494 e. The summed E-state index contributed by atoms with van der Waals surface area (Å²) in [5.74, 6) is 0.768. The van der Waals surface area contributed by atoms with Gasteiger partial charge in [-0.3, -0.25) is 9.59 Å². The SMILES string of the molecule is CCOc1ccc(C(=O)N2CCCN(C(=O)c3ccc(-c4ccccc4)cc3)CC2)cc1. The molecule has 164 valence electrons. The molecule has 1 aliphatic heterocycles. The summed E-state index contributed by atoms with van der Waals surface area (Å²) in [6.07, 6.45) is 0.761. The zero-order valence-corrected chi connectivity index (χ0v) is 18.4. The van der Waals surface area contributed by atoms with Gasteiger partial charge in [0.05, 0.1) is 6.61 Å². The van der Waals surface area contributed by atoms with E-state index < -0.39 is 0 Å². The molecule has 1 heterocycles. The number of rotatable bonds is 5. The summed E-state index contributed by atoms with van der Waals surface area (Å²) in [5.41, 5.74) is 3.54. The molecule has 0 aliphatic carbocycles. The highest BCUT2D eigenvalue weighted by atomic mass is 16.5. The molecule has 32 heavy (non-hydrogen) atoms. The zero-order chi connectivity index (χ0) is 22.3. The second kappa shape index (κ2) is 10.1. The van der Waals surface area contributed by atoms with Gasteiger partial charge in [0.25, 0.3) is 11.8 Å². The van der Waals surface area contributed by atoms with Crippen molar-refractivity contribution < 1.29 is 14.3 Å². The third kappa shape index (κ3) is 4.99. The van der Waals surface area contributed by atoms with E-state index >= 15 is 0 Å². The summed E-state index contributed by atoms with van der Waals surface area (Å²) in [7, 11) is 0. The second-order valence-corrected chi connectivity index (χ2v) is 7.84. The molecule has 0 bridgehead atoms. The Kier molecular flexibility index (Phi) is 6.85. The molecule has 5 nitrogen and oxygen atoms in total. The van der Waals surface area contributed by atoms with Crippen LogP contribution in [-0.2, 0) is 0 Å². The predicted octanol–water partition coefficient (Wildman–Crippen LogP) is 4.74. The molecule has 1 saturated heterocycles. The van der Waals surface area contributed by atoms with Gasteiger partial charge in [-0.15, -0.1) is 0 Å². The quantitative estimate of drug-likeness (QED) is 0.590. The molecular weight excluding hydrogens is 400 g/mol. The molecule has 0 unspecified atom stereocenters. The van der Waals surface area contributed by atoms with Crippen molar-refractivity contribution in [1.82, 2.24) is 9.80 Å². The fourth-order valence-corrected chi connectivity index (χ4v) is 3.99. The lowest BCUT2D eigenvalue weighted by Crippen LogP contribution is -2.37. The van der Waals surface area contributed by atoms with E-state index in [0.29, 0.717) is 43.9 Å². The number of hydrogen-bond donors (Lipinski definition) is 0. The van der Waals surface area contributed by atoms with Gasteiger partial charge in [-0.2, -0.15) is 0 Å². The van der Waals surface area contributed by atoms with Gasteiger partial charge in [-0.25, -0.2) is 0 Å². The van der Waals surface area contributed by atoms with Crippen LogP contribution in [0.1, 0.15) is 34.1 Å². The molecular formula is C27H28N2O3. The Morgan fingerprint density at radius 1 is 0.688 bits per heavy atom. The molecule has 0 saturated carbocycles. The minimum atomic E-state index is -0.00504. The fraction of sp³-hybridized carbons (Fsp3) is 0.259. The van der Waals surface area contributed by atoms with Gasteiger partial charge in [-0.05, 0) is 60.9 Å². The number of carbonyl (C=O) groups excluding carboxylic acids is 2. The number of ether oxygens (including phenoxy) is 1. The van der Waals surface area contributed by atoms with Crippen LogP contribution in [0.4, 0.5) is 0 Å². The average Bonchev–Trinajstić information content (AvgIpc) is 3.11. The molecule has 0 aromatic heterocycles. The fourth-order valence-electron chi connectivity index (χ4n) is 3.99. The third-order valence-electron chi connectivity index (χ3n) is 5.72. The highest BCUT2D eigenvalue weighted by Gasteiger charge is 2.23. The summed E-state index contributed by atoms with van der Waals surface area (Å²) < 4.78 is 5.45. The van der Waals surface area contributed by atoms with Crippen LogP contribution in [0.2, 0.25) is 0 Å². The standard InChI is InChI=1S/C27H28N2O3/c1-2-32-25-15-13-24(14-16-25)27(31)29-18-6-17-28(19-20-29)26(30)23-11-9-22(10-12-23)21-7-4-3-5-8-21/h3-5,7-16H,2,6,17-20H2,1H3. The molecule has 5 heteroatoms.